The number of halogens is 1. The van der Waals surface area contributed by atoms with E-state index in [4.69, 9.17) is 9.47 Å². The lowest BCUT2D eigenvalue weighted by molar-refractivity contribution is -0.385. The first-order valence-corrected chi connectivity index (χ1v) is 7.68. The fourth-order valence-electron chi connectivity index (χ4n) is 2.56. The Kier molecular flexibility index (Phi) is 8.39. The van der Waals surface area contributed by atoms with Crippen molar-refractivity contribution in [2.75, 3.05) is 53.5 Å². The lowest BCUT2D eigenvalue weighted by atomic mass is 10.1. The molecule has 1 saturated heterocycles. The van der Waals surface area contributed by atoms with Crippen molar-refractivity contribution in [3.8, 4) is 11.5 Å². The normalized spacial score (nSPS) is 14.3. The molecule has 1 aliphatic rings. The van der Waals surface area contributed by atoms with Crippen LogP contribution in [-0.2, 0) is 0 Å². The van der Waals surface area contributed by atoms with Crippen LogP contribution < -0.4 is 20.1 Å². The maximum Gasteiger partial charge on any atom is 0.286 e. The number of nitro groups is 1. The standard InChI is InChI=1S/C15H22N4O5.ClH/c1-23-13-9-11(12(19(21)22)10-14(13)24-2)15(20)17-5-8-18-6-3-16-4-7-18;/h9-10,16H,3-8H2,1-2H3,(H,17,20);1H. The van der Waals surface area contributed by atoms with Crippen molar-refractivity contribution in [1.29, 1.82) is 0 Å². The van der Waals surface area contributed by atoms with E-state index in [0.717, 1.165) is 26.2 Å². The summed E-state index contributed by atoms with van der Waals surface area (Å²) in [5.74, 6) is -0.0188. The average molecular weight is 375 g/mol. The molecule has 1 heterocycles. The summed E-state index contributed by atoms with van der Waals surface area (Å²) in [6.07, 6.45) is 0. The van der Waals surface area contributed by atoms with E-state index in [1.807, 2.05) is 0 Å². The quantitative estimate of drug-likeness (QED) is 0.533. The summed E-state index contributed by atoms with van der Waals surface area (Å²) >= 11 is 0. The van der Waals surface area contributed by atoms with Gasteiger partial charge in [-0.05, 0) is 0 Å². The van der Waals surface area contributed by atoms with Gasteiger partial charge in [-0.1, -0.05) is 0 Å². The molecular formula is C15H23ClN4O5. The van der Waals surface area contributed by atoms with Crippen molar-refractivity contribution in [2.45, 2.75) is 0 Å². The van der Waals surface area contributed by atoms with Crippen LogP contribution in [0, 0.1) is 10.1 Å². The van der Waals surface area contributed by atoms with Gasteiger partial charge in [0.1, 0.15) is 5.56 Å². The number of piperazine rings is 1. The number of carbonyl (C=O) groups is 1. The third-order valence-electron chi connectivity index (χ3n) is 3.87. The minimum Gasteiger partial charge on any atom is -0.493 e. The molecule has 1 aromatic rings. The van der Waals surface area contributed by atoms with E-state index in [1.165, 1.54) is 26.4 Å². The highest BCUT2D eigenvalue weighted by Crippen LogP contribution is 2.34. The number of nitrogens with one attached hydrogen (secondary N) is 2. The molecule has 2 N–H and O–H groups in total. The second-order valence-electron chi connectivity index (χ2n) is 5.33. The van der Waals surface area contributed by atoms with Crippen molar-refractivity contribution in [3.63, 3.8) is 0 Å². The summed E-state index contributed by atoms with van der Waals surface area (Å²) in [4.78, 5) is 25.2. The number of benzene rings is 1. The zero-order valence-electron chi connectivity index (χ0n) is 14.2. The van der Waals surface area contributed by atoms with E-state index in [1.54, 1.807) is 0 Å². The van der Waals surface area contributed by atoms with Gasteiger partial charge in [0.2, 0.25) is 0 Å². The predicted octanol–water partition coefficient (Wildman–Crippen LogP) is 0.669. The number of methoxy groups -OCH3 is 2. The minimum absolute atomic E-state index is 0. The molecule has 10 heteroatoms. The van der Waals surface area contributed by atoms with Crippen LogP contribution in [-0.4, -0.2) is 69.2 Å². The largest absolute Gasteiger partial charge is 0.493 e. The highest BCUT2D eigenvalue weighted by Gasteiger charge is 2.24. The van der Waals surface area contributed by atoms with Crippen molar-refractivity contribution < 1.29 is 19.2 Å². The SMILES string of the molecule is COc1cc(C(=O)NCCN2CCNCC2)c([N+](=O)[O-])cc1OC.Cl. The van der Waals surface area contributed by atoms with Crippen LogP contribution in [0.25, 0.3) is 0 Å². The molecule has 1 amide bonds. The van der Waals surface area contributed by atoms with Crippen LogP contribution in [0.3, 0.4) is 0 Å². The van der Waals surface area contributed by atoms with Crippen LogP contribution in [0.2, 0.25) is 0 Å². The maximum absolute atomic E-state index is 12.3. The first kappa shape index (κ1) is 20.9. The van der Waals surface area contributed by atoms with E-state index >= 15 is 0 Å². The first-order chi connectivity index (χ1) is 11.6. The van der Waals surface area contributed by atoms with Crippen LogP contribution in [0.1, 0.15) is 10.4 Å². The van der Waals surface area contributed by atoms with Gasteiger partial charge in [0, 0.05) is 45.3 Å². The zero-order chi connectivity index (χ0) is 17.5. The zero-order valence-corrected chi connectivity index (χ0v) is 15.1. The van der Waals surface area contributed by atoms with Gasteiger partial charge in [-0.25, -0.2) is 0 Å². The number of nitro benzene ring substituents is 1. The Morgan fingerprint density at radius 1 is 1.28 bits per heavy atom. The molecule has 140 valence electrons. The van der Waals surface area contributed by atoms with Gasteiger partial charge < -0.3 is 20.1 Å². The van der Waals surface area contributed by atoms with Crippen molar-refractivity contribution >= 4 is 24.0 Å². The minimum atomic E-state index is -0.604. The Morgan fingerprint density at radius 3 is 2.44 bits per heavy atom. The second-order valence-corrected chi connectivity index (χ2v) is 5.33. The highest BCUT2D eigenvalue weighted by molar-refractivity contribution is 5.99. The molecule has 1 aliphatic heterocycles. The summed E-state index contributed by atoms with van der Waals surface area (Å²) in [6.45, 7) is 4.82. The fraction of sp³-hybridized carbons (Fsp3) is 0.533. The van der Waals surface area contributed by atoms with Crippen LogP contribution in [0.15, 0.2) is 12.1 Å². The van der Waals surface area contributed by atoms with Gasteiger partial charge in [0.15, 0.2) is 11.5 Å². The molecule has 0 aromatic heterocycles. The Morgan fingerprint density at radius 2 is 1.88 bits per heavy atom. The fourth-order valence-corrected chi connectivity index (χ4v) is 2.56. The summed E-state index contributed by atoms with van der Waals surface area (Å²) < 4.78 is 10.2. The number of nitrogens with zero attached hydrogens (tertiary/aromatic N) is 2. The molecule has 0 unspecified atom stereocenters. The molecule has 0 spiro atoms. The monoisotopic (exact) mass is 374 g/mol. The number of amides is 1. The van der Waals surface area contributed by atoms with E-state index in [2.05, 4.69) is 15.5 Å². The third kappa shape index (κ3) is 5.45. The van der Waals surface area contributed by atoms with Crippen LogP contribution in [0.4, 0.5) is 5.69 Å². The Labute approximate surface area is 152 Å². The number of carbonyl (C=O) groups excluding carboxylic acids is 1. The van der Waals surface area contributed by atoms with Gasteiger partial charge >= 0.3 is 0 Å². The number of rotatable bonds is 7. The van der Waals surface area contributed by atoms with Crippen molar-refractivity contribution in [3.05, 3.63) is 27.8 Å². The molecule has 1 fully saturated rings. The molecule has 0 atom stereocenters. The molecular weight excluding hydrogens is 352 g/mol. The Hall–Kier alpha value is -2.10. The van der Waals surface area contributed by atoms with Gasteiger partial charge in [0.05, 0.1) is 25.2 Å². The number of ether oxygens (including phenoxy) is 2. The molecule has 0 bridgehead atoms. The molecule has 0 aliphatic carbocycles. The molecule has 0 radical (unpaired) electrons. The first-order valence-electron chi connectivity index (χ1n) is 7.68. The molecule has 1 aromatic carbocycles. The van der Waals surface area contributed by atoms with Gasteiger partial charge in [0.25, 0.3) is 11.6 Å². The topological polar surface area (TPSA) is 106 Å². The molecule has 25 heavy (non-hydrogen) atoms. The van der Waals surface area contributed by atoms with E-state index in [0.29, 0.717) is 13.1 Å². The lowest BCUT2D eigenvalue weighted by Gasteiger charge is -2.27. The summed E-state index contributed by atoms with van der Waals surface area (Å²) in [5, 5.41) is 17.2. The highest BCUT2D eigenvalue weighted by atomic mass is 35.5. The van der Waals surface area contributed by atoms with Crippen LogP contribution >= 0.6 is 12.4 Å². The van der Waals surface area contributed by atoms with Crippen molar-refractivity contribution in [2.24, 2.45) is 0 Å². The second kappa shape index (κ2) is 10.0. The lowest BCUT2D eigenvalue weighted by Crippen LogP contribution is -2.46. The number of hydrogen-bond acceptors (Lipinski definition) is 7. The third-order valence-corrected chi connectivity index (χ3v) is 3.87. The van der Waals surface area contributed by atoms with E-state index in [-0.39, 0.29) is 35.2 Å². The predicted molar refractivity (Wildman–Crippen MR) is 95.1 cm³/mol. The van der Waals surface area contributed by atoms with E-state index in [9.17, 15) is 14.9 Å². The van der Waals surface area contributed by atoms with E-state index < -0.39 is 10.8 Å². The Balaban J connectivity index is 0.00000312. The summed E-state index contributed by atoms with van der Waals surface area (Å²) in [6, 6.07) is 2.53. The summed E-state index contributed by atoms with van der Waals surface area (Å²) in [5.41, 5.74) is -0.356. The van der Waals surface area contributed by atoms with Gasteiger partial charge in [-0.3, -0.25) is 19.8 Å². The Bertz CT molecular complexity index is 608. The number of hydrogen-bond donors (Lipinski definition) is 2. The molecule has 0 saturated carbocycles. The summed E-state index contributed by atoms with van der Waals surface area (Å²) in [7, 11) is 2.80. The molecule has 2 rings (SSSR count). The average Bonchev–Trinajstić information content (AvgIpc) is 2.61. The molecule has 9 nitrogen and oxygen atoms in total. The van der Waals surface area contributed by atoms with Crippen molar-refractivity contribution in [1.82, 2.24) is 15.5 Å². The van der Waals surface area contributed by atoms with Gasteiger partial charge in [-0.15, -0.1) is 12.4 Å². The maximum atomic E-state index is 12.3. The van der Waals surface area contributed by atoms with Crippen LogP contribution in [0.5, 0.6) is 11.5 Å². The smallest absolute Gasteiger partial charge is 0.286 e. The van der Waals surface area contributed by atoms with Gasteiger partial charge in [-0.2, -0.15) is 0 Å².